The van der Waals surface area contributed by atoms with Gasteiger partial charge >= 0.3 is 6.03 Å². The van der Waals surface area contributed by atoms with Gasteiger partial charge < -0.3 is 15.4 Å². The van der Waals surface area contributed by atoms with Crippen LogP contribution in [0.2, 0.25) is 0 Å². The second-order valence-corrected chi connectivity index (χ2v) is 8.04. The molecule has 0 spiro atoms. The second kappa shape index (κ2) is 10.5. The Morgan fingerprint density at radius 1 is 1.16 bits per heavy atom. The Bertz CT molecular complexity index is 797. The molecule has 0 bridgehead atoms. The predicted molar refractivity (Wildman–Crippen MR) is 117 cm³/mol. The average Bonchev–Trinajstić information content (AvgIpc) is 3.30. The lowest BCUT2D eigenvalue weighted by Gasteiger charge is -2.39. The Labute approximate surface area is 183 Å². The topological polar surface area (TPSA) is 105 Å². The normalized spacial score (nSPS) is 19.7. The molecule has 1 fully saturated rings. The van der Waals surface area contributed by atoms with Gasteiger partial charge in [0.1, 0.15) is 11.6 Å². The molecule has 3 N–H and O–H groups in total. The molecule has 1 heterocycles. The minimum Gasteiger partial charge on any atom is -0.377 e. The van der Waals surface area contributed by atoms with Crippen molar-refractivity contribution in [2.75, 3.05) is 32.8 Å². The number of allylic oxidation sites excluding steroid dienone is 2. The fourth-order valence-electron chi connectivity index (χ4n) is 4.09. The number of benzene rings is 1. The number of hydrogen-bond donors (Lipinski definition) is 2. The monoisotopic (exact) mass is 428 g/mol. The molecule has 1 saturated heterocycles. The fraction of sp³-hybridized carbons (Fsp3) is 0.522. The zero-order valence-electron chi connectivity index (χ0n) is 18.1. The van der Waals surface area contributed by atoms with E-state index in [1.165, 1.54) is 4.90 Å². The van der Waals surface area contributed by atoms with Crippen molar-refractivity contribution >= 4 is 17.8 Å². The molecule has 2 aliphatic rings. The van der Waals surface area contributed by atoms with Gasteiger partial charge in [-0.15, -0.1) is 0 Å². The van der Waals surface area contributed by atoms with Crippen LogP contribution in [-0.4, -0.2) is 66.7 Å². The third-order valence-electron chi connectivity index (χ3n) is 5.91. The van der Waals surface area contributed by atoms with Crippen molar-refractivity contribution in [3.63, 3.8) is 0 Å². The quantitative estimate of drug-likeness (QED) is 0.484. The first-order chi connectivity index (χ1) is 15.0. The molecule has 1 aliphatic carbocycles. The Morgan fingerprint density at radius 3 is 2.45 bits per heavy atom. The fourth-order valence-corrected chi connectivity index (χ4v) is 4.09. The number of imide groups is 1. The van der Waals surface area contributed by atoms with Gasteiger partial charge in [-0.2, -0.15) is 0 Å². The van der Waals surface area contributed by atoms with E-state index in [9.17, 15) is 14.4 Å². The van der Waals surface area contributed by atoms with Crippen LogP contribution in [0.5, 0.6) is 0 Å². The van der Waals surface area contributed by atoms with Gasteiger partial charge in [0, 0.05) is 19.6 Å². The number of nitrogens with one attached hydrogen (secondary N) is 1. The smallest absolute Gasteiger partial charge is 0.328 e. The summed E-state index contributed by atoms with van der Waals surface area (Å²) in [5.41, 5.74) is 5.28. The molecule has 0 saturated carbocycles. The summed E-state index contributed by atoms with van der Waals surface area (Å²) in [6.45, 7) is 4.19. The van der Waals surface area contributed by atoms with Crippen LogP contribution in [0.15, 0.2) is 42.5 Å². The van der Waals surface area contributed by atoms with Crippen molar-refractivity contribution in [2.24, 2.45) is 11.1 Å². The maximum Gasteiger partial charge on any atom is 0.328 e. The van der Waals surface area contributed by atoms with Crippen LogP contribution in [0.3, 0.4) is 0 Å². The number of primary amides is 1. The average molecular weight is 429 g/mol. The van der Waals surface area contributed by atoms with Gasteiger partial charge in [0.05, 0.1) is 13.2 Å². The van der Waals surface area contributed by atoms with Crippen molar-refractivity contribution in [1.29, 1.82) is 0 Å². The Balaban J connectivity index is 1.88. The summed E-state index contributed by atoms with van der Waals surface area (Å²) in [5.74, 6) is -1.22. The maximum absolute atomic E-state index is 13.7. The minimum absolute atomic E-state index is 0.171. The zero-order valence-corrected chi connectivity index (χ0v) is 18.1. The summed E-state index contributed by atoms with van der Waals surface area (Å²) in [6, 6.07) is 9.24. The van der Waals surface area contributed by atoms with Crippen molar-refractivity contribution in [2.45, 2.75) is 38.8 Å². The van der Waals surface area contributed by atoms with Crippen molar-refractivity contribution in [3.05, 3.63) is 48.0 Å². The lowest BCUT2D eigenvalue weighted by atomic mass is 9.83. The molecule has 1 unspecified atom stereocenters. The number of carbonyl (C=O) groups excluding carboxylic acids is 3. The lowest BCUT2D eigenvalue weighted by molar-refractivity contribution is -0.147. The summed E-state index contributed by atoms with van der Waals surface area (Å²) >= 11 is 0. The van der Waals surface area contributed by atoms with E-state index < -0.39 is 23.3 Å². The van der Waals surface area contributed by atoms with E-state index in [0.717, 1.165) is 12.0 Å². The van der Waals surface area contributed by atoms with E-state index >= 15 is 0 Å². The summed E-state index contributed by atoms with van der Waals surface area (Å²) in [6.07, 6.45) is 4.90. The number of nitrogens with zero attached hydrogens (tertiary/aromatic N) is 2. The van der Waals surface area contributed by atoms with E-state index in [0.29, 0.717) is 32.7 Å². The molecular weight excluding hydrogens is 396 g/mol. The Morgan fingerprint density at radius 2 is 1.87 bits per heavy atom. The van der Waals surface area contributed by atoms with E-state index in [1.807, 2.05) is 37.3 Å². The number of ether oxygens (including phenoxy) is 1. The molecule has 8 nitrogen and oxygen atoms in total. The molecule has 0 radical (unpaired) electrons. The van der Waals surface area contributed by atoms with Gasteiger partial charge in [0.2, 0.25) is 11.8 Å². The van der Waals surface area contributed by atoms with Crippen LogP contribution < -0.4 is 11.1 Å². The predicted octanol–water partition coefficient (Wildman–Crippen LogP) is 1.66. The molecule has 0 aromatic heterocycles. The van der Waals surface area contributed by atoms with Crippen molar-refractivity contribution in [1.82, 2.24) is 15.1 Å². The molecule has 168 valence electrons. The van der Waals surface area contributed by atoms with Crippen LogP contribution >= 0.6 is 0 Å². The number of hydrogen-bond acceptors (Lipinski definition) is 5. The summed E-state index contributed by atoms with van der Waals surface area (Å²) in [5, 5.41) is 3.29. The van der Waals surface area contributed by atoms with Crippen molar-refractivity contribution < 1.29 is 19.1 Å². The van der Waals surface area contributed by atoms with Crippen molar-refractivity contribution in [3.8, 4) is 0 Å². The molecule has 1 aromatic rings. The first-order valence-electron chi connectivity index (χ1n) is 10.9. The number of nitrogens with two attached hydrogens (primary N) is 1. The van der Waals surface area contributed by atoms with Gasteiger partial charge in [-0.05, 0) is 31.2 Å². The van der Waals surface area contributed by atoms with Gasteiger partial charge in [0.15, 0.2) is 0 Å². The molecule has 1 aliphatic heterocycles. The highest BCUT2D eigenvalue weighted by Gasteiger charge is 2.49. The molecular formula is C23H32N4O4. The van der Waals surface area contributed by atoms with Crippen LogP contribution in [0, 0.1) is 5.41 Å². The lowest BCUT2D eigenvalue weighted by Crippen LogP contribution is -2.61. The van der Waals surface area contributed by atoms with Crippen LogP contribution in [0.4, 0.5) is 4.79 Å². The SMILES string of the molecule is CCCN(C(=O)N(CCc1ccccc1)C(=O)C1(C(N)=O)CC=CC1)C1COCCN1. The highest BCUT2D eigenvalue weighted by Crippen LogP contribution is 2.35. The van der Waals surface area contributed by atoms with E-state index in [1.54, 1.807) is 17.1 Å². The Kier molecular flexibility index (Phi) is 7.81. The van der Waals surface area contributed by atoms with Gasteiger partial charge in [0.25, 0.3) is 0 Å². The third kappa shape index (κ3) is 5.14. The van der Waals surface area contributed by atoms with Gasteiger partial charge in [-0.3, -0.25) is 19.8 Å². The van der Waals surface area contributed by atoms with E-state index in [2.05, 4.69) is 5.32 Å². The van der Waals surface area contributed by atoms with Gasteiger partial charge in [-0.1, -0.05) is 49.4 Å². The maximum atomic E-state index is 13.7. The molecule has 3 rings (SSSR count). The van der Waals surface area contributed by atoms with Crippen LogP contribution in [-0.2, 0) is 20.7 Å². The standard InChI is InChI=1S/C23H32N4O4/c1-2-14-26(19-17-31-16-13-25-19)22(30)27(15-10-18-8-4-3-5-9-18)21(29)23(20(24)28)11-6-7-12-23/h3-9,19,25H,2,10-17H2,1H3,(H2,24,28). The first kappa shape index (κ1) is 23.0. The zero-order chi connectivity index (χ0) is 22.3. The molecule has 4 amide bonds. The summed E-state index contributed by atoms with van der Waals surface area (Å²) in [7, 11) is 0. The molecule has 8 heteroatoms. The number of carbonyl (C=O) groups is 3. The second-order valence-electron chi connectivity index (χ2n) is 8.04. The minimum atomic E-state index is -1.40. The summed E-state index contributed by atoms with van der Waals surface area (Å²) in [4.78, 5) is 42.5. The molecule has 1 aromatic carbocycles. The highest BCUT2D eigenvalue weighted by atomic mass is 16.5. The number of morpholine rings is 1. The van der Waals surface area contributed by atoms with Crippen LogP contribution in [0.1, 0.15) is 31.7 Å². The Hall–Kier alpha value is -2.71. The molecule has 1 atom stereocenters. The third-order valence-corrected chi connectivity index (χ3v) is 5.91. The van der Waals surface area contributed by atoms with Crippen LogP contribution in [0.25, 0.3) is 0 Å². The molecule has 31 heavy (non-hydrogen) atoms. The number of urea groups is 1. The first-order valence-corrected chi connectivity index (χ1v) is 10.9. The van der Waals surface area contributed by atoms with Gasteiger partial charge in [-0.25, -0.2) is 4.79 Å². The highest BCUT2D eigenvalue weighted by molar-refractivity contribution is 6.10. The number of rotatable bonds is 8. The number of amides is 4. The summed E-state index contributed by atoms with van der Waals surface area (Å²) < 4.78 is 5.54. The largest absolute Gasteiger partial charge is 0.377 e. The van der Waals surface area contributed by atoms with E-state index in [-0.39, 0.29) is 25.6 Å². The van der Waals surface area contributed by atoms with E-state index in [4.69, 9.17) is 10.5 Å².